The molecule has 0 aliphatic heterocycles. The van der Waals surface area contributed by atoms with Crippen molar-refractivity contribution in [1.29, 1.82) is 0 Å². The topological polar surface area (TPSA) is 84.6 Å². The number of rotatable bonds is 7. The Labute approximate surface area is 114 Å². The van der Waals surface area contributed by atoms with Crippen LogP contribution in [0, 0.1) is 6.92 Å². The average Bonchev–Trinajstić information content (AvgIpc) is 2.43. The number of hydrogen-bond acceptors (Lipinski definition) is 4. The molecule has 6 heteroatoms. The first-order valence-electron chi connectivity index (χ1n) is 6.51. The number of hydrogen-bond donors (Lipinski definition) is 3. The Morgan fingerprint density at radius 1 is 1.53 bits per heavy atom. The molecular formula is C13H23N5O. The molecule has 0 atom stereocenters. The van der Waals surface area contributed by atoms with E-state index in [0.717, 1.165) is 37.4 Å². The molecule has 1 aromatic heterocycles. The number of aryl methyl sites for hydroxylation is 1. The molecule has 106 valence electrons. The van der Waals surface area contributed by atoms with Crippen LogP contribution in [0.3, 0.4) is 0 Å². The minimum Gasteiger partial charge on any atom is -0.382 e. The fraction of sp³-hybridized carbons (Fsp3) is 0.538. The van der Waals surface area contributed by atoms with Crippen molar-refractivity contribution in [3.63, 3.8) is 0 Å². The van der Waals surface area contributed by atoms with Gasteiger partial charge in [0.2, 0.25) is 5.96 Å². The molecule has 0 unspecified atom stereocenters. The molecule has 6 nitrogen and oxygen atoms in total. The fourth-order valence-corrected chi connectivity index (χ4v) is 1.52. The van der Waals surface area contributed by atoms with Crippen LogP contribution in [-0.4, -0.2) is 30.7 Å². The van der Waals surface area contributed by atoms with Gasteiger partial charge in [0.15, 0.2) is 0 Å². The summed E-state index contributed by atoms with van der Waals surface area (Å²) in [6, 6.07) is 3.93. The zero-order chi connectivity index (χ0) is 13.9. The van der Waals surface area contributed by atoms with Crippen molar-refractivity contribution in [2.45, 2.75) is 26.8 Å². The lowest BCUT2D eigenvalue weighted by atomic mass is 10.2. The van der Waals surface area contributed by atoms with E-state index in [1.54, 1.807) is 6.20 Å². The third-order valence-corrected chi connectivity index (χ3v) is 2.60. The van der Waals surface area contributed by atoms with Crippen molar-refractivity contribution < 1.29 is 4.74 Å². The van der Waals surface area contributed by atoms with E-state index in [1.807, 2.05) is 26.0 Å². The number of hydrazine groups is 1. The van der Waals surface area contributed by atoms with Crippen molar-refractivity contribution >= 4 is 5.96 Å². The van der Waals surface area contributed by atoms with Gasteiger partial charge in [-0.2, -0.15) is 0 Å². The van der Waals surface area contributed by atoms with E-state index in [1.165, 1.54) is 0 Å². The first-order valence-corrected chi connectivity index (χ1v) is 6.51. The Morgan fingerprint density at radius 2 is 2.37 bits per heavy atom. The minimum absolute atomic E-state index is 0.505. The van der Waals surface area contributed by atoms with Crippen LogP contribution in [0.5, 0.6) is 0 Å². The lowest BCUT2D eigenvalue weighted by Gasteiger charge is -2.09. The molecule has 0 amide bonds. The number of aromatic nitrogens is 1. The molecule has 0 saturated carbocycles. The maximum atomic E-state index is 5.42. The van der Waals surface area contributed by atoms with E-state index in [9.17, 15) is 0 Å². The van der Waals surface area contributed by atoms with Gasteiger partial charge in [0.1, 0.15) is 0 Å². The SMILES string of the molecule is CCOCCCNC(=NCc1ncccc1C)NN. The molecule has 4 N–H and O–H groups in total. The zero-order valence-electron chi connectivity index (χ0n) is 11.6. The van der Waals surface area contributed by atoms with Gasteiger partial charge in [-0.1, -0.05) is 6.07 Å². The van der Waals surface area contributed by atoms with Crippen molar-refractivity contribution in [3.8, 4) is 0 Å². The zero-order valence-corrected chi connectivity index (χ0v) is 11.6. The highest BCUT2D eigenvalue weighted by Gasteiger charge is 1.99. The van der Waals surface area contributed by atoms with Gasteiger partial charge in [-0.05, 0) is 31.9 Å². The van der Waals surface area contributed by atoms with Gasteiger partial charge in [0.05, 0.1) is 12.2 Å². The summed E-state index contributed by atoms with van der Waals surface area (Å²) >= 11 is 0. The molecule has 0 aliphatic carbocycles. The smallest absolute Gasteiger partial charge is 0.206 e. The van der Waals surface area contributed by atoms with Crippen LogP contribution in [0.25, 0.3) is 0 Å². The van der Waals surface area contributed by atoms with Gasteiger partial charge in [-0.25, -0.2) is 10.8 Å². The summed E-state index contributed by atoms with van der Waals surface area (Å²) in [6.45, 7) is 6.75. The molecule has 0 aromatic carbocycles. The van der Waals surface area contributed by atoms with E-state index in [4.69, 9.17) is 10.6 Å². The summed E-state index contributed by atoms with van der Waals surface area (Å²) in [4.78, 5) is 8.64. The number of nitrogens with zero attached hydrogens (tertiary/aromatic N) is 2. The molecule has 0 spiro atoms. The monoisotopic (exact) mass is 265 g/mol. The number of nitrogens with one attached hydrogen (secondary N) is 2. The first kappa shape index (κ1) is 15.4. The summed E-state index contributed by atoms with van der Waals surface area (Å²) in [5.41, 5.74) is 4.63. The predicted molar refractivity (Wildman–Crippen MR) is 76.5 cm³/mol. The van der Waals surface area contributed by atoms with E-state index < -0.39 is 0 Å². The fourth-order valence-electron chi connectivity index (χ4n) is 1.52. The van der Waals surface area contributed by atoms with Crippen LogP contribution in [0.2, 0.25) is 0 Å². The van der Waals surface area contributed by atoms with Crippen LogP contribution in [0.15, 0.2) is 23.3 Å². The summed E-state index contributed by atoms with van der Waals surface area (Å²) in [7, 11) is 0. The Balaban J connectivity index is 2.37. The van der Waals surface area contributed by atoms with E-state index in [2.05, 4.69) is 20.7 Å². The number of guanidine groups is 1. The van der Waals surface area contributed by atoms with E-state index in [0.29, 0.717) is 12.5 Å². The van der Waals surface area contributed by atoms with Crippen LogP contribution in [0.4, 0.5) is 0 Å². The van der Waals surface area contributed by atoms with Gasteiger partial charge in [0.25, 0.3) is 0 Å². The van der Waals surface area contributed by atoms with Gasteiger partial charge in [-0.15, -0.1) is 0 Å². The second-order valence-corrected chi connectivity index (χ2v) is 4.05. The molecule has 0 aliphatic rings. The summed E-state index contributed by atoms with van der Waals surface area (Å²) in [5, 5.41) is 3.12. The van der Waals surface area contributed by atoms with Crippen molar-refractivity contribution in [2.24, 2.45) is 10.8 Å². The number of ether oxygens (including phenoxy) is 1. The maximum Gasteiger partial charge on any atom is 0.206 e. The molecule has 1 heterocycles. The molecule has 1 aromatic rings. The molecule has 1 rings (SSSR count). The van der Waals surface area contributed by atoms with Crippen LogP contribution in [0.1, 0.15) is 24.6 Å². The highest BCUT2D eigenvalue weighted by Crippen LogP contribution is 2.03. The van der Waals surface area contributed by atoms with E-state index in [-0.39, 0.29) is 0 Å². The Bertz CT molecular complexity index is 394. The molecule has 0 saturated heterocycles. The summed E-state index contributed by atoms with van der Waals surface area (Å²) < 4.78 is 5.25. The first-order chi connectivity index (χ1) is 9.27. The van der Waals surface area contributed by atoms with Crippen molar-refractivity contribution in [3.05, 3.63) is 29.6 Å². The summed E-state index contributed by atoms with van der Waals surface area (Å²) in [6.07, 6.45) is 2.68. The molecule has 0 radical (unpaired) electrons. The normalized spacial score (nSPS) is 11.4. The average molecular weight is 265 g/mol. The number of aliphatic imine (C=N–C) groups is 1. The second kappa shape index (κ2) is 9.29. The van der Waals surface area contributed by atoms with Gasteiger partial charge >= 0.3 is 0 Å². The maximum absolute atomic E-state index is 5.42. The number of pyridine rings is 1. The largest absolute Gasteiger partial charge is 0.382 e. The minimum atomic E-state index is 0.505. The third-order valence-electron chi connectivity index (χ3n) is 2.60. The van der Waals surface area contributed by atoms with Crippen LogP contribution in [-0.2, 0) is 11.3 Å². The van der Waals surface area contributed by atoms with Crippen LogP contribution >= 0.6 is 0 Å². The Kier molecular flexibility index (Phi) is 7.53. The number of nitrogens with two attached hydrogens (primary N) is 1. The quantitative estimate of drug-likeness (QED) is 0.222. The highest BCUT2D eigenvalue weighted by atomic mass is 16.5. The van der Waals surface area contributed by atoms with Gasteiger partial charge < -0.3 is 10.1 Å². The highest BCUT2D eigenvalue weighted by molar-refractivity contribution is 5.79. The van der Waals surface area contributed by atoms with Crippen molar-refractivity contribution in [2.75, 3.05) is 19.8 Å². The molecular weight excluding hydrogens is 242 g/mol. The molecule has 0 bridgehead atoms. The molecule has 19 heavy (non-hydrogen) atoms. The predicted octanol–water partition coefficient (Wildman–Crippen LogP) is 0.726. The van der Waals surface area contributed by atoms with Gasteiger partial charge in [0, 0.05) is 26.0 Å². The Morgan fingerprint density at radius 3 is 3.05 bits per heavy atom. The lowest BCUT2D eigenvalue weighted by molar-refractivity contribution is 0.145. The second-order valence-electron chi connectivity index (χ2n) is 4.05. The molecule has 0 fully saturated rings. The third kappa shape index (κ3) is 6.17. The Hall–Kier alpha value is -1.66. The van der Waals surface area contributed by atoms with Crippen LogP contribution < -0.4 is 16.6 Å². The summed E-state index contributed by atoms with van der Waals surface area (Å²) in [5.74, 6) is 5.99. The van der Waals surface area contributed by atoms with Gasteiger partial charge in [-0.3, -0.25) is 10.4 Å². The standard InChI is InChI=1S/C13H23N5O/c1-3-19-9-5-8-16-13(18-14)17-10-12-11(2)6-4-7-15-12/h4,6-7H,3,5,8-10,14H2,1-2H3,(H2,16,17,18). The van der Waals surface area contributed by atoms with E-state index >= 15 is 0 Å². The van der Waals surface area contributed by atoms with Crippen molar-refractivity contribution in [1.82, 2.24) is 15.7 Å². The lowest BCUT2D eigenvalue weighted by Crippen LogP contribution is -2.42.